The zero-order valence-corrected chi connectivity index (χ0v) is 13.9. The van der Waals surface area contributed by atoms with Crippen molar-refractivity contribution < 1.29 is 5.11 Å². The van der Waals surface area contributed by atoms with Gasteiger partial charge in [-0.15, -0.1) is 0 Å². The maximum atomic E-state index is 11.8. The summed E-state index contributed by atoms with van der Waals surface area (Å²) in [6.45, 7) is 6.31. The summed E-state index contributed by atoms with van der Waals surface area (Å²) in [6.07, 6.45) is 0. The lowest BCUT2D eigenvalue weighted by Gasteiger charge is -2.32. The summed E-state index contributed by atoms with van der Waals surface area (Å²) < 4.78 is 0. The largest absolute Gasteiger partial charge is 0.376 e. The molecule has 0 fully saturated rings. The minimum atomic E-state index is -1.15. The molecule has 0 atom stereocenters. The molecule has 0 saturated carbocycles. The first kappa shape index (κ1) is 15.5. The van der Waals surface area contributed by atoms with E-state index in [1.165, 1.54) is 11.1 Å². The molecule has 0 unspecified atom stereocenters. The fraction of sp³-hybridized carbons (Fsp3) is 0.182. The van der Waals surface area contributed by atoms with E-state index in [0.717, 1.165) is 22.3 Å². The highest BCUT2D eigenvalue weighted by Gasteiger charge is 2.35. The van der Waals surface area contributed by atoms with Gasteiger partial charge in [0, 0.05) is 0 Å². The first-order valence-corrected chi connectivity index (χ1v) is 7.96. The number of rotatable bonds is 3. The Morgan fingerprint density at radius 1 is 0.609 bits per heavy atom. The molecule has 0 radical (unpaired) electrons. The molecule has 1 heteroatoms. The summed E-state index contributed by atoms with van der Waals surface area (Å²) in [6, 6.07) is 23.9. The van der Waals surface area contributed by atoms with Crippen LogP contribution in [-0.2, 0) is 5.60 Å². The van der Waals surface area contributed by atoms with Gasteiger partial charge < -0.3 is 5.11 Å². The third-order valence-electron chi connectivity index (χ3n) is 4.83. The van der Waals surface area contributed by atoms with E-state index in [1.807, 2.05) is 60.7 Å². The molecule has 0 heterocycles. The van der Waals surface area contributed by atoms with Crippen molar-refractivity contribution in [1.29, 1.82) is 0 Å². The fourth-order valence-corrected chi connectivity index (χ4v) is 3.18. The molecule has 0 bridgehead atoms. The van der Waals surface area contributed by atoms with Crippen LogP contribution in [0.4, 0.5) is 0 Å². The Balaban J connectivity index is 2.32. The molecular formula is C22H22O. The molecule has 3 aromatic rings. The molecule has 1 N–H and O–H groups in total. The number of aliphatic hydroxyl groups is 1. The van der Waals surface area contributed by atoms with Gasteiger partial charge in [0.15, 0.2) is 0 Å². The fourth-order valence-electron chi connectivity index (χ4n) is 3.18. The van der Waals surface area contributed by atoms with Gasteiger partial charge in [0.1, 0.15) is 5.60 Å². The predicted molar refractivity (Wildman–Crippen MR) is 95.6 cm³/mol. The van der Waals surface area contributed by atoms with Crippen LogP contribution in [0.5, 0.6) is 0 Å². The molecule has 0 spiro atoms. The Morgan fingerprint density at radius 2 is 1.09 bits per heavy atom. The van der Waals surface area contributed by atoms with E-state index in [2.05, 4.69) is 32.9 Å². The third kappa shape index (κ3) is 2.58. The first-order valence-electron chi connectivity index (χ1n) is 7.96. The molecule has 0 saturated heterocycles. The van der Waals surface area contributed by atoms with Crippen molar-refractivity contribution in [2.45, 2.75) is 26.4 Å². The molecule has 0 amide bonds. The Morgan fingerprint density at radius 3 is 1.57 bits per heavy atom. The summed E-state index contributed by atoms with van der Waals surface area (Å²) in [5.74, 6) is 0. The molecule has 3 rings (SSSR count). The van der Waals surface area contributed by atoms with Crippen molar-refractivity contribution in [2.24, 2.45) is 0 Å². The van der Waals surface area contributed by atoms with Crippen LogP contribution in [0, 0.1) is 20.8 Å². The summed E-state index contributed by atoms with van der Waals surface area (Å²) in [4.78, 5) is 0. The van der Waals surface area contributed by atoms with E-state index in [-0.39, 0.29) is 0 Å². The van der Waals surface area contributed by atoms with Crippen LogP contribution in [0.2, 0.25) is 0 Å². The maximum Gasteiger partial charge on any atom is 0.140 e. The Labute approximate surface area is 138 Å². The average molecular weight is 302 g/mol. The van der Waals surface area contributed by atoms with Gasteiger partial charge in [-0.05, 0) is 54.2 Å². The molecule has 116 valence electrons. The second-order valence-electron chi connectivity index (χ2n) is 6.12. The summed E-state index contributed by atoms with van der Waals surface area (Å²) in [7, 11) is 0. The lowest BCUT2D eigenvalue weighted by atomic mass is 9.77. The quantitative estimate of drug-likeness (QED) is 0.683. The van der Waals surface area contributed by atoms with Crippen molar-refractivity contribution >= 4 is 0 Å². The minimum absolute atomic E-state index is 0.887. The normalized spacial score (nSPS) is 11.5. The zero-order valence-electron chi connectivity index (χ0n) is 13.9. The topological polar surface area (TPSA) is 20.2 Å². The molecule has 0 aliphatic rings. The van der Waals surface area contributed by atoms with Crippen LogP contribution < -0.4 is 0 Å². The summed E-state index contributed by atoms with van der Waals surface area (Å²) >= 11 is 0. The van der Waals surface area contributed by atoms with Gasteiger partial charge in [0.05, 0.1) is 0 Å². The molecule has 23 heavy (non-hydrogen) atoms. The van der Waals surface area contributed by atoms with Crippen molar-refractivity contribution in [1.82, 2.24) is 0 Å². The highest BCUT2D eigenvalue weighted by molar-refractivity contribution is 5.52. The Hall–Kier alpha value is -2.38. The monoisotopic (exact) mass is 302 g/mol. The lowest BCUT2D eigenvalue weighted by molar-refractivity contribution is 0.125. The molecule has 1 nitrogen and oxygen atoms in total. The minimum Gasteiger partial charge on any atom is -0.376 e. The molecule has 0 aliphatic heterocycles. The number of hydrogen-bond acceptors (Lipinski definition) is 1. The number of benzene rings is 3. The van der Waals surface area contributed by atoms with E-state index in [4.69, 9.17) is 0 Å². The van der Waals surface area contributed by atoms with Crippen molar-refractivity contribution in [3.8, 4) is 0 Å². The van der Waals surface area contributed by atoms with Crippen molar-refractivity contribution in [2.75, 3.05) is 0 Å². The van der Waals surface area contributed by atoms with E-state index >= 15 is 0 Å². The maximum absolute atomic E-state index is 11.8. The van der Waals surface area contributed by atoms with Gasteiger partial charge in [0.2, 0.25) is 0 Å². The van der Waals surface area contributed by atoms with E-state index in [1.54, 1.807) is 0 Å². The zero-order chi connectivity index (χ0) is 16.4. The van der Waals surface area contributed by atoms with E-state index in [0.29, 0.717) is 0 Å². The van der Waals surface area contributed by atoms with Gasteiger partial charge in [-0.2, -0.15) is 0 Å². The standard InChI is InChI=1S/C22H22O/c1-16-14-15-21(18(3)17(16)2)22(23,19-10-6-4-7-11-19)20-12-8-5-9-13-20/h4-15,23H,1-3H3. The number of hydrogen-bond donors (Lipinski definition) is 1. The second-order valence-corrected chi connectivity index (χ2v) is 6.12. The first-order chi connectivity index (χ1) is 11.0. The van der Waals surface area contributed by atoms with E-state index < -0.39 is 5.60 Å². The number of aryl methyl sites for hydroxylation is 1. The van der Waals surface area contributed by atoms with Gasteiger partial charge in [-0.3, -0.25) is 0 Å². The van der Waals surface area contributed by atoms with Gasteiger partial charge >= 0.3 is 0 Å². The predicted octanol–water partition coefficient (Wildman–Crippen LogP) is 4.90. The molecule has 0 aliphatic carbocycles. The van der Waals surface area contributed by atoms with Crippen LogP contribution in [0.25, 0.3) is 0 Å². The van der Waals surface area contributed by atoms with Crippen LogP contribution in [0.15, 0.2) is 72.8 Å². The third-order valence-corrected chi connectivity index (χ3v) is 4.83. The Kier molecular flexibility index (Phi) is 4.06. The molecule has 0 aromatic heterocycles. The van der Waals surface area contributed by atoms with Crippen LogP contribution in [-0.4, -0.2) is 5.11 Å². The highest BCUT2D eigenvalue weighted by atomic mass is 16.3. The van der Waals surface area contributed by atoms with Gasteiger partial charge in [0.25, 0.3) is 0 Å². The van der Waals surface area contributed by atoms with Crippen molar-refractivity contribution in [3.05, 3.63) is 106 Å². The Bertz CT molecular complexity index is 765. The van der Waals surface area contributed by atoms with E-state index in [9.17, 15) is 5.11 Å². The second kappa shape index (κ2) is 6.02. The summed E-state index contributed by atoms with van der Waals surface area (Å²) in [5, 5.41) is 11.8. The molecule has 3 aromatic carbocycles. The van der Waals surface area contributed by atoms with Gasteiger partial charge in [-0.1, -0.05) is 72.8 Å². The SMILES string of the molecule is Cc1ccc(C(O)(c2ccccc2)c2ccccc2)c(C)c1C. The smallest absolute Gasteiger partial charge is 0.140 e. The summed E-state index contributed by atoms with van der Waals surface area (Å²) in [5.41, 5.74) is 5.18. The van der Waals surface area contributed by atoms with Gasteiger partial charge in [-0.25, -0.2) is 0 Å². The van der Waals surface area contributed by atoms with Crippen molar-refractivity contribution in [3.63, 3.8) is 0 Å². The van der Waals surface area contributed by atoms with Crippen LogP contribution in [0.1, 0.15) is 33.4 Å². The average Bonchev–Trinajstić information content (AvgIpc) is 2.61. The molecular weight excluding hydrogens is 280 g/mol. The highest BCUT2D eigenvalue weighted by Crippen LogP contribution is 2.39. The lowest BCUT2D eigenvalue weighted by Crippen LogP contribution is -2.30. The van der Waals surface area contributed by atoms with Crippen LogP contribution >= 0.6 is 0 Å². The van der Waals surface area contributed by atoms with Crippen LogP contribution in [0.3, 0.4) is 0 Å².